The Morgan fingerprint density at radius 1 is 0.970 bits per heavy atom. The van der Waals surface area contributed by atoms with Crippen LogP contribution in [-0.4, -0.2) is 38.2 Å². The molecule has 0 saturated carbocycles. The molecule has 2 amide bonds. The van der Waals surface area contributed by atoms with Gasteiger partial charge in [0.05, 0.1) is 6.54 Å². The Morgan fingerprint density at radius 2 is 1.64 bits per heavy atom. The van der Waals surface area contributed by atoms with E-state index < -0.39 is 21.8 Å². The minimum Gasteiger partial charge on any atom is -0.454 e. The minimum absolute atomic E-state index is 0.0394. The van der Waals surface area contributed by atoms with E-state index in [0.29, 0.717) is 18.0 Å². The highest BCUT2D eigenvalue weighted by Gasteiger charge is 2.25. The smallest absolute Gasteiger partial charge is 0.305 e. The molecule has 0 aliphatic rings. The quantitative estimate of drug-likeness (QED) is 0.396. The standard InChI is InChI=1S/C22H26N4O5S2/c1-4-26(5-2)14-17-10-11-18(31-17)21(27)23-24-22(28)20-19(12-13-32-20)33(29,30)25-16-8-6-15(3)7-9-16/h6-13,25H,4-5,14H2,1-3H3,(H,23,27)(H,24,28). The molecule has 11 heteroatoms. The highest BCUT2D eigenvalue weighted by molar-refractivity contribution is 7.93. The lowest BCUT2D eigenvalue weighted by atomic mass is 10.2. The number of anilines is 1. The Labute approximate surface area is 196 Å². The zero-order valence-corrected chi connectivity index (χ0v) is 20.2. The molecule has 3 N–H and O–H groups in total. The van der Waals surface area contributed by atoms with Gasteiger partial charge in [0.2, 0.25) is 0 Å². The molecule has 0 spiro atoms. The largest absolute Gasteiger partial charge is 0.454 e. The Kier molecular flexibility index (Phi) is 7.90. The van der Waals surface area contributed by atoms with Crippen molar-refractivity contribution in [3.8, 4) is 0 Å². The summed E-state index contributed by atoms with van der Waals surface area (Å²) in [4.78, 5) is 26.8. The van der Waals surface area contributed by atoms with Crippen LogP contribution in [-0.2, 0) is 16.6 Å². The average Bonchev–Trinajstić information content (AvgIpc) is 3.47. The second-order valence-electron chi connectivity index (χ2n) is 7.22. The van der Waals surface area contributed by atoms with E-state index in [2.05, 4.69) is 20.5 Å². The van der Waals surface area contributed by atoms with E-state index in [1.165, 1.54) is 17.5 Å². The van der Waals surface area contributed by atoms with Gasteiger partial charge in [0.25, 0.3) is 15.9 Å². The third kappa shape index (κ3) is 6.21. The summed E-state index contributed by atoms with van der Waals surface area (Å²) in [7, 11) is -4.00. The van der Waals surface area contributed by atoms with Gasteiger partial charge < -0.3 is 4.42 Å². The Hall–Kier alpha value is -3.15. The van der Waals surface area contributed by atoms with Gasteiger partial charge in [0.15, 0.2) is 5.76 Å². The van der Waals surface area contributed by atoms with Gasteiger partial charge in [0, 0.05) is 5.69 Å². The number of nitrogens with one attached hydrogen (secondary N) is 3. The van der Waals surface area contributed by atoms with Gasteiger partial charge in [-0.25, -0.2) is 8.42 Å². The SMILES string of the molecule is CCN(CC)Cc1ccc(C(=O)NNC(=O)c2sccc2S(=O)(=O)Nc2ccc(C)cc2)o1. The molecule has 2 heterocycles. The maximum atomic E-state index is 12.8. The number of hydrazine groups is 1. The lowest BCUT2D eigenvalue weighted by molar-refractivity contribution is 0.0829. The summed E-state index contributed by atoms with van der Waals surface area (Å²) in [6.07, 6.45) is 0. The molecular formula is C22H26N4O5S2. The number of thiophene rings is 1. The fourth-order valence-electron chi connectivity index (χ4n) is 2.99. The van der Waals surface area contributed by atoms with E-state index in [0.717, 1.165) is 30.0 Å². The number of hydrogen-bond donors (Lipinski definition) is 3. The number of aryl methyl sites for hydroxylation is 1. The predicted octanol–water partition coefficient (Wildman–Crippen LogP) is 3.37. The topological polar surface area (TPSA) is 121 Å². The lowest BCUT2D eigenvalue weighted by Gasteiger charge is -2.15. The molecule has 0 atom stereocenters. The number of amides is 2. The van der Waals surface area contributed by atoms with E-state index in [9.17, 15) is 18.0 Å². The van der Waals surface area contributed by atoms with Gasteiger partial charge in [-0.3, -0.25) is 30.1 Å². The molecule has 33 heavy (non-hydrogen) atoms. The molecule has 9 nitrogen and oxygen atoms in total. The first-order chi connectivity index (χ1) is 15.7. The van der Waals surface area contributed by atoms with Gasteiger partial charge in [-0.2, -0.15) is 0 Å². The molecule has 0 fully saturated rings. The molecule has 0 bridgehead atoms. The van der Waals surface area contributed by atoms with Crippen molar-refractivity contribution in [1.29, 1.82) is 0 Å². The van der Waals surface area contributed by atoms with Crippen LogP contribution >= 0.6 is 11.3 Å². The molecular weight excluding hydrogens is 464 g/mol. The molecule has 0 aliphatic heterocycles. The summed E-state index contributed by atoms with van der Waals surface area (Å²) in [6, 6.07) is 11.4. The van der Waals surface area contributed by atoms with Gasteiger partial charge in [0.1, 0.15) is 15.5 Å². The number of hydrogen-bond acceptors (Lipinski definition) is 7. The number of sulfonamides is 1. The van der Waals surface area contributed by atoms with E-state index >= 15 is 0 Å². The minimum atomic E-state index is -4.00. The van der Waals surface area contributed by atoms with E-state index in [-0.39, 0.29) is 15.5 Å². The summed E-state index contributed by atoms with van der Waals surface area (Å²) in [5.74, 6) is -0.730. The van der Waals surface area contributed by atoms with E-state index in [1.54, 1.807) is 30.3 Å². The van der Waals surface area contributed by atoms with Crippen LogP contribution in [0.4, 0.5) is 5.69 Å². The number of benzene rings is 1. The van der Waals surface area contributed by atoms with Crippen molar-refractivity contribution in [2.24, 2.45) is 0 Å². The third-order valence-electron chi connectivity index (χ3n) is 4.88. The number of carbonyl (C=O) groups is 2. The van der Waals surface area contributed by atoms with E-state index in [1.807, 2.05) is 20.8 Å². The maximum absolute atomic E-state index is 12.8. The fourth-order valence-corrected chi connectivity index (χ4v) is 5.37. The first-order valence-corrected chi connectivity index (χ1v) is 12.7. The highest BCUT2D eigenvalue weighted by atomic mass is 32.2. The van der Waals surface area contributed by atoms with Crippen molar-refractivity contribution in [1.82, 2.24) is 15.8 Å². The van der Waals surface area contributed by atoms with Crippen LogP contribution in [0.3, 0.4) is 0 Å². The van der Waals surface area contributed by atoms with Crippen molar-refractivity contribution in [3.05, 3.63) is 69.8 Å². The monoisotopic (exact) mass is 490 g/mol. The van der Waals surface area contributed by atoms with Crippen molar-refractivity contribution in [2.75, 3.05) is 17.8 Å². The molecule has 0 unspecified atom stereocenters. The summed E-state index contributed by atoms with van der Waals surface area (Å²) in [6.45, 7) is 8.22. The highest BCUT2D eigenvalue weighted by Crippen LogP contribution is 2.24. The predicted molar refractivity (Wildman–Crippen MR) is 127 cm³/mol. The summed E-state index contributed by atoms with van der Waals surface area (Å²) in [5, 5.41) is 1.49. The van der Waals surface area contributed by atoms with Crippen molar-refractivity contribution in [3.63, 3.8) is 0 Å². The fraction of sp³-hybridized carbons (Fsp3) is 0.273. The number of rotatable bonds is 9. The molecule has 176 valence electrons. The second kappa shape index (κ2) is 10.6. The van der Waals surface area contributed by atoms with Crippen LogP contribution in [0.2, 0.25) is 0 Å². The Morgan fingerprint density at radius 3 is 2.30 bits per heavy atom. The average molecular weight is 491 g/mol. The molecule has 3 aromatic rings. The Bertz CT molecular complexity index is 1210. The molecule has 0 saturated heterocycles. The molecule has 1 aromatic carbocycles. The number of nitrogens with zero attached hydrogens (tertiary/aromatic N) is 1. The molecule has 3 rings (SSSR count). The first kappa shape index (κ1) is 24.5. The zero-order chi connectivity index (χ0) is 24.0. The maximum Gasteiger partial charge on any atom is 0.305 e. The normalized spacial score (nSPS) is 11.4. The summed E-state index contributed by atoms with van der Waals surface area (Å²) >= 11 is 0.949. The molecule has 0 radical (unpaired) electrons. The van der Waals surface area contributed by atoms with Crippen LogP contribution in [0.15, 0.2) is 57.2 Å². The molecule has 2 aromatic heterocycles. The zero-order valence-electron chi connectivity index (χ0n) is 18.5. The van der Waals surface area contributed by atoms with Crippen LogP contribution in [0.1, 0.15) is 45.4 Å². The van der Waals surface area contributed by atoms with Crippen LogP contribution < -0.4 is 15.6 Å². The second-order valence-corrected chi connectivity index (χ2v) is 9.79. The summed E-state index contributed by atoms with van der Waals surface area (Å²) < 4.78 is 33.6. The third-order valence-corrected chi connectivity index (χ3v) is 7.34. The number of furan rings is 1. The lowest BCUT2D eigenvalue weighted by Crippen LogP contribution is -2.41. The van der Waals surface area contributed by atoms with Crippen LogP contribution in [0.25, 0.3) is 0 Å². The van der Waals surface area contributed by atoms with Crippen molar-refractivity contribution in [2.45, 2.75) is 32.2 Å². The van der Waals surface area contributed by atoms with E-state index in [4.69, 9.17) is 4.42 Å². The van der Waals surface area contributed by atoms with Gasteiger partial charge >= 0.3 is 5.91 Å². The number of carbonyl (C=O) groups excluding carboxylic acids is 2. The van der Waals surface area contributed by atoms with Gasteiger partial charge in [-0.05, 0) is 55.7 Å². The Balaban J connectivity index is 1.64. The van der Waals surface area contributed by atoms with Crippen molar-refractivity contribution < 1.29 is 22.4 Å². The van der Waals surface area contributed by atoms with Gasteiger partial charge in [-0.1, -0.05) is 31.5 Å². The van der Waals surface area contributed by atoms with Crippen molar-refractivity contribution >= 4 is 38.9 Å². The summed E-state index contributed by atoms with van der Waals surface area (Å²) in [5.41, 5.74) is 5.88. The van der Waals surface area contributed by atoms with Gasteiger partial charge in [-0.15, -0.1) is 11.3 Å². The first-order valence-electron chi connectivity index (χ1n) is 10.3. The molecule has 0 aliphatic carbocycles. The van der Waals surface area contributed by atoms with Crippen LogP contribution in [0, 0.1) is 6.92 Å². The van der Waals surface area contributed by atoms with Crippen LogP contribution in [0.5, 0.6) is 0 Å².